The molecule has 0 radical (unpaired) electrons. The quantitative estimate of drug-likeness (QED) is 0.295. The summed E-state index contributed by atoms with van der Waals surface area (Å²) < 4.78 is 0. The minimum Gasteiger partial charge on any atom is -0.272 e. The maximum atomic E-state index is 13.5. The van der Waals surface area contributed by atoms with E-state index < -0.39 is 34.5 Å². The van der Waals surface area contributed by atoms with E-state index in [2.05, 4.69) is 0 Å². The van der Waals surface area contributed by atoms with Gasteiger partial charge in [0.1, 0.15) is 0 Å². The number of hydrazine groups is 1. The number of amides is 3. The molecule has 9 heteroatoms. The molecule has 2 aliphatic rings. The Labute approximate surface area is 189 Å². The SMILES string of the molecule is C[C@@H]1C=CC[C@@H]2C(=O)N(N(Cc3ccccc3[N+](=O)[O-])C(=O)c3ccc(Cl)cc3)C(=O)[C@@H]12. The molecule has 0 bridgehead atoms. The van der Waals surface area contributed by atoms with Crippen molar-refractivity contribution >= 4 is 35.0 Å². The number of fused-ring (bicyclic) bond motifs is 1. The van der Waals surface area contributed by atoms with Crippen LogP contribution in [0, 0.1) is 27.9 Å². The fourth-order valence-corrected chi connectivity index (χ4v) is 4.45. The number of nitro benzene ring substituents is 1. The van der Waals surface area contributed by atoms with Crippen molar-refractivity contribution in [1.82, 2.24) is 10.0 Å². The summed E-state index contributed by atoms with van der Waals surface area (Å²) >= 11 is 5.93. The van der Waals surface area contributed by atoms with Gasteiger partial charge in [0, 0.05) is 16.7 Å². The first-order valence-corrected chi connectivity index (χ1v) is 10.5. The second-order valence-corrected chi connectivity index (χ2v) is 8.34. The van der Waals surface area contributed by atoms with Crippen molar-refractivity contribution < 1.29 is 19.3 Å². The molecule has 1 aliphatic heterocycles. The first-order chi connectivity index (χ1) is 15.3. The summed E-state index contributed by atoms with van der Waals surface area (Å²) in [6.07, 6.45) is 4.17. The van der Waals surface area contributed by atoms with Gasteiger partial charge in [-0.15, -0.1) is 0 Å². The van der Waals surface area contributed by atoms with Crippen molar-refractivity contribution in [3.05, 3.63) is 86.9 Å². The molecule has 1 fully saturated rings. The van der Waals surface area contributed by atoms with E-state index in [1.54, 1.807) is 6.07 Å². The molecular weight excluding hydrogens is 434 g/mol. The van der Waals surface area contributed by atoms with Crippen LogP contribution in [0.1, 0.15) is 29.3 Å². The predicted molar refractivity (Wildman–Crippen MR) is 116 cm³/mol. The van der Waals surface area contributed by atoms with E-state index in [9.17, 15) is 24.5 Å². The van der Waals surface area contributed by atoms with E-state index >= 15 is 0 Å². The number of hydrogen-bond acceptors (Lipinski definition) is 5. The van der Waals surface area contributed by atoms with Crippen molar-refractivity contribution in [2.75, 3.05) is 0 Å². The normalized spacial score (nSPS) is 22.1. The monoisotopic (exact) mass is 453 g/mol. The van der Waals surface area contributed by atoms with Gasteiger partial charge in [0.05, 0.1) is 28.9 Å². The summed E-state index contributed by atoms with van der Waals surface area (Å²) in [5, 5.41) is 13.8. The van der Waals surface area contributed by atoms with Crippen molar-refractivity contribution in [2.24, 2.45) is 17.8 Å². The first-order valence-electron chi connectivity index (χ1n) is 10.1. The highest BCUT2D eigenvalue weighted by atomic mass is 35.5. The number of carbonyl (C=O) groups excluding carboxylic acids is 3. The van der Waals surface area contributed by atoms with Crippen molar-refractivity contribution in [2.45, 2.75) is 19.9 Å². The van der Waals surface area contributed by atoms with Gasteiger partial charge in [-0.1, -0.05) is 48.9 Å². The average Bonchev–Trinajstić information content (AvgIpc) is 3.03. The van der Waals surface area contributed by atoms with Gasteiger partial charge in [-0.25, -0.2) is 5.01 Å². The van der Waals surface area contributed by atoms with E-state index in [-0.39, 0.29) is 29.3 Å². The maximum Gasteiger partial charge on any atom is 0.274 e. The van der Waals surface area contributed by atoms with Crippen LogP contribution < -0.4 is 0 Å². The van der Waals surface area contributed by atoms with Crippen molar-refractivity contribution in [3.8, 4) is 0 Å². The zero-order valence-electron chi connectivity index (χ0n) is 17.2. The summed E-state index contributed by atoms with van der Waals surface area (Å²) in [5.74, 6) is -2.86. The Morgan fingerprint density at radius 3 is 2.50 bits per heavy atom. The summed E-state index contributed by atoms with van der Waals surface area (Å²) in [5.41, 5.74) is 0.212. The summed E-state index contributed by atoms with van der Waals surface area (Å²) in [6, 6.07) is 12.0. The van der Waals surface area contributed by atoms with Crippen LogP contribution in [-0.2, 0) is 16.1 Å². The second kappa shape index (κ2) is 8.55. The van der Waals surface area contributed by atoms with Crippen LogP contribution in [0.25, 0.3) is 0 Å². The largest absolute Gasteiger partial charge is 0.274 e. The molecule has 2 aromatic rings. The Kier molecular flexibility index (Phi) is 5.80. The number of rotatable bonds is 5. The lowest BCUT2D eigenvalue weighted by molar-refractivity contribution is -0.385. The fraction of sp³-hybridized carbons (Fsp3) is 0.261. The van der Waals surface area contributed by atoms with E-state index in [0.29, 0.717) is 11.4 Å². The van der Waals surface area contributed by atoms with Crippen molar-refractivity contribution in [1.29, 1.82) is 0 Å². The molecular formula is C23H20ClN3O5. The molecule has 0 spiro atoms. The number of benzene rings is 2. The highest BCUT2D eigenvalue weighted by Gasteiger charge is 2.53. The smallest absolute Gasteiger partial charge is 0.272 e. The molecule has 0 saturated carbocycles. The Bertz CT molecular complexity index is 1130. The molecule has 2 aromatic carbocycles. The average molecular weight is 454 g/mol. The van der Waals surface area contributed by atoms with Crippen LogP contribution >= 0.6 is 11.6 Å². The molecule has 32 heavy (non-hydrogen) atoms. The van der Waals surface area contributed by atoms with E-state index in [4.69, 9.17) is 11.6 Å². The molecule has 3 atom stereocenters. The third-order valence-electron chi connectivity index (χ3n) is 5.92. The Hall–Kier alpha value is -3.52. The Morgan fingerprint density at radius 2 is 1.84 bits per heavy atom. The van der Waals surface area contributed by atoms with E-state index in [0.717, 1.165) is 10.0 Å². The van der Waals surface area contributed by atoms with Gasteiger partial charge >= 0.3 is 0 Å². The van der Waals surface area contributed by atoms with Gasteiger partial charge < -0.3 is 0 Å². The lowest BCUT2D eigenvalue weighted by Crippen LogP contribution is -2.50. The number of para-hydroxylation sites is 1. The number of imide groups is 1. The number of carbonyl (C=O) groups is 3. The third-order valence-corrected chi connectivity index (χ3v) is 6.18. The van der Waals surface area contributed by atoms with Gasteiger partial charge in [0.2, 0.25) is 0 Å². The van der Waals surface area contributed by atoms with Gasteiger partial charge in [-0.2, -0.15) is 5.01 Å². The molecule has 0 unspecified atom stereocenters. The number of allylic oxidation sites excluding steroid dienone is 2. The highest BCUT2D eigenvalue weighted by Crippen LogP contribution is 2.40. The number of hydrogen-bond donors (Lipinski definition) is 0. The minimum atomic E-state index is -0.624. The maximum absolute atomic E-state index is 13.5. The van der Waals surface area contributed by atoms with Crippen LogP contribution in [0.2, 0.25) is 5.02 Å². The third kappa shape index (κ3) is 3.78. The molecule has 164 valence electrons. The summed E-state index contributed by atoms with van der Waals surface area (Å²) in [7, 11) is 0. The standard InChI is InChI=1S/C23H20ClN3O5/c1-14-5-4-7-18-20(14)23(30)26(22(18)29)25(21(28)15-9-11-17(24)12-10-15)13-16-6-2-3-8-19(16)27(31)32/h2-6,8-12,14,18,20H,7,13H2,1H3/t14-,18+,20+/m1/s1. The highest BCUT2D eigenvalue weighted by molar-refractivity contribution is 6.30. The topological polar surface area (TPSA) is 101 Å². The van der Waals surface area contributed by atoms with Crippen LogP contribution in [0.15, 0.2) is 60.7 Å². The molecule has 0 N–H and O–H groups in total. The van der Waals surface area contributed by atoms with Gasteiger partial charge in [0.15, 0.2) is 0 Å². The van der Waals surface area contributed by atoms with Crippen LogP contribution in [0.5, 0.6) is 0 Å². The molecule has 3 amide bonds. The molecule has 1 saturated heterocycles. The number of halogens is 1. The zero-order valence-corrected chi connectivity index (χ0v) is 17.9. The lowest BCUT2D eigenvalue weighted by atomic mass is 9.78. The van der Waals surface area contributed by atoms with Crippen LogP contribution in [0.3, 0.4) is 0 Å². The minimum absolute atomic E-state index is 0.159. The summed E-state index contributed by atoms with van der Waals surface area (Å²) in [6.45, 7) is 1.55. The summed E-state index contributed by atoms with van der Waals surface area (Å²) in [4.78, 5) is 51.0. The van der Waals surface area contributed by atoms with Crippen LogP contribution in [-0.4, -0.2) is 32.7 Å². The number of nitrogens with zero attached hydrogens (tertiary/aromatic N) is 3. The number of nitro groups is 1. The fourth-order valence-electron chi connectivity index (χ4n) is 4.33. The van der Waals surface area contributed by atoms with Gasteiger partial charge in [0.25, 0.3) is 23.4 Å². The molecule has 8 nitrogen and oxygen atoms in total. The van der Waals surface area contributed by atoms with Gasteiger partial charge in [-0.05, 0) is 36.6 Å². The van der Waals surface area contributed by atoms with Gasteiger partial charge in [-0.3, -0.25) is 24.5 Å². The molecule has 1 aliphatic carbocycles. The second-order valence-electron chi connectivity index (χ2n) is 7.90. The lowest BCUT2D eigenvalue weighted by Gasteiger charge is -2.30. The van der Waals surface area contributed by atoms with Crippen molar-refractivity contribution in [3.63, 3.8) is 0 Å². The Balaban J connectivity index is 1.77. The molecule has 4 rings (SSSR count). The first kappa shape index (κ1) is 21.7. The molecule has 0 aromatic heterocycles. The molecule has 1 heterocycles. The van der Waals surface area contributed by atoms with E-state index in [1.165, 1.54) is 42.5 Å². The predicted octanol–water partition coefficient (Wildman–Crippen LogP) is 4.00. The van der Waals surface area contributed by atoms with Crippen LogP contribution in [0.4, 0.5) is 5.69 Å². The zero-order chi connectivity index (χ0) is 23.0. The van der Waals surface area contributed by atoms with E-state index in [1.807, 2.05) is 19.1 Å². The Morgan fingerprint density at radius 1 is 1.16 bits per heavy atom.